The first-order valence-electron chi connectivity index (χ1n) is 13.0. The summed E-state index contributed by atoms with van der Waals surface area (Å²) in [5, 5.41) is 0. The fraction of sp³-hybridized carbons (Fsp3) is 0.206. The van der Waals surface area contributed by atoms with E-state index in [-0.39, 0.29) is 5.97 Å². The van der Waals surface area contributed by atoms with Crippen LogP contribution in [0.1, 0.15) is 30.0 Å². The third-order valence-corrected chi connectivity index (χ3v) is 11.1. The van der Waals surface area contributed by atoms with Gasteiger partial charge in [0.2, 0.25) is 0 Å². The second-order valence-electron chi connectivity index (χ2n) is 9.57. The van der Waals surface area contributed by atoms with Crippen LogP contribution in [0.2, 0.25) is 24.2 Å². The number of hydrogen-bond acceptors (Lipinski definition) is 2. The fourth-order valence-corrected chi connectivity index (χ4v) is 8.18. The Kier molecular flexibility index (Phi) is 11.6. The minimum Gasteiger partial charge on any atom is -0.462 e. The number of esters is 1. The van der Waals surface area contributed by atoms with E-state index in [0.29, 0.717) is 12.2 Å². The van der Waals surface area contributed by atoms with Gasteiger partial charge in [0, 0.05) is 5.57 Å². The second-order valence-corrected chi connectivity index (χ2v) is 14.3. The largest absolute Gasteiger partial charge is 0.462 e. The molecular formula is C34H38O2Si. The second kappa shape index (κ2) is 15.4. The summed E-state index contributed by atoms with van der Waals surface area (Å²) in [6.45, 7) is 5.83. The molecule has 0 fully saturated rings. The van der Waals surface area contributed by atoms with Gasteiger partial charge in [-0.15, -0.1) is 0 Å². The highest BCUT2D eigenvalue weighted by Crippen LogP contribution is 2.31. The van der Waals surface area contributed by atoms with Crippen LogP contribution in [0.3, 0.4) is 0 Å². The Morgan fingerprint density at radius 1 is 0.703 bits per heavy atom. The SMILES string of the molecule is C=C(C)C(=O)OCCC[Si](C/C=C/c1ccccc1)(C/C=C/c1ccccc1)C/C=C/c1ccccc1. The van der Waals surface area contributed by atoms with Crippen molar-refractivity contribution in [1.29, 1.82) is 0 Å². The lowest BCUT2D eigenvalue weighted by Crippen LogP contribution is -2.32. The third-order valence-electron chi connectivity index (χ3n) is 6.42. The molecule has 190 valence electrons. The van der Waals surface area contributed by atoms with Gasteiger partial charge in [-0.25, -0.2) is 4.79 Å². The van der Waals surface area contributed by atoms with E-state index in [4.69, 9.17) is 4.74 Å². The molecular weight excluding hydrogens is 468 g/mol. The summed E-state index contributed by atoms with van der Waals surface area (Å²) in [5.74, 6) is -0.302. The van der Waals surface area contributed by atoms with Crippen LogP contribution in [0, 0.1) is 0 Å². The molecule has 0 saturated heterocycles. The molecule has 3 aromatic carbocycles. The minimum absolute atomic E-state index is 0.302. The summed E-state index contributed by atoms with van der Waals surface area (Å²) in [4.78, 5) is 11.9. The molecule has 0 saturated carbocycles. The van der Waals surface area contributed by atoms with Gasteiger partial charge in [-0.1, -0.05) is 140 Å². The van der Waals surface area contributed by atoms with Gasteiger partial charge < -0.3 is 4.74 Å². The van der Waals surface area contributed by atoms with Crippen molar-refractivity contribution in [3.05, 3.63) is 138 Å². The topological polar surface area (TPSA) is 26.3 Å². The van der Waals surface area contributed by atoms with E-state index < -0.39 is 8.07 Å². The molecule has 3 heteroatoms. The maximum atomic E-state index is 11.9. The molecule has 0 radical (unpaired) electrons. The van der Waals surface area contributed by atoms with E-state index in [0.717, 1.165) is 30.6 Å². The molecule has 0 aliphatic carbocycles. The van der Waals surface area contributed by atoms with Crippen LogP contribution in [0.25, 0.3) is 18.2 Å². The van der Waals surface area contributed by atoms with Crippen molar-refractivity contribution in [1.82, 2.24) is 0 Å². The summed E-state index contributed by atoms with van der Waals surface area (Å²) >= 11 is 0. The number of rotatable bonds is 14. The molecule has 0 unspecified atom stereocenters. The quantitative estimate of drug-likeness (QED) is 0.0943. The van der Waals surface area contributed by atoms with Crippen molar-refractivity contribution >= 4 is 32.3 Å². The highest BCUT2D eigenvalue weighted by molar-refractivity contribution is 6.81. The van der Waals surface area contributed by atoms with Gasteiger partial charge in [0.25, 0.3) is 0 Å². The molecule has 0 amide bonds. The monoisotopic (exact) mass is 506 g/mol. The molecule has 3 rings (SSSR count). The summed E-state index contributed by atoms with van der Waals surface area (Å²) < 4.78 is 5.45. The average molecular weight is 507 g/mol. The normalized spacial score (nSPS) is 11.9. The van der Waals surface area contributed by atoms with E-state index >= 15 is 0 Å². The van der Waals surface area contributed by atoms with Crippen molar-refractivity contribution < 1.29 is 9.53 Å². The first kappa shape index (κ1) is 27.9. The molecule has 0 aliphatic heterocycles. The molecule has 3 aromatic rings. The molecule has 0 N–H and O–H groups in total. The molecule has 0 spiro atoms. The standard InChI is InChI=1S/C34H38O2Si/c1-30(2)34(35)36-25-15-29-37(26-12-22-31-16-6-3-7-17-31,27-13-23-32-18-8-4-9-19-32)28-14-24-33-20-10-5-11-21-33/h3-14,16-24H,1,15,25-29H2,2H3/b22-12+,23-13+,24-14+. The molecule has 0 heterocycles. The first-order chi connectivity index (χ1) is 18.1. The van der Waals surface area contributed by atoms with Crippen LogP contribution in [-0.2, 0) is 9.53 Å². The molecule has 0 bridgehead atoms. The van der Waals surface area contributed by atoms with E-state index in [1.807, 2.05) is 18.2 Å². The van der Waals surface area contributed by atoms with Gasteiger partial charge in [0.05, 0.1) is 14.7 Å². The third kappa shape index (κ3) is 10.4. The summed E-state index contributed by atoms with van der Waals surface area (Å²) in [6.07, 6.45) is 14.7. The number of carbonyl (C=O) groups excluding carboxylic acids is 1. The van der Waals surface area contributed by atoms with Gasteiger partial charge in [-0.3, -0.25) is 0 Å². The number of ether oxygens (including phenoxy) is 1. The number of carbonyl (C=O) groups is 1. The predicted molar refractivity (Wildman–Crippen MR) is 162 cm³/mol. The number of hydrogen-bond donors (Lipinski definition) is 0. The Morgan fingerprint density at radius 2 is 1.08 bits per heavy atom. The Balaban J connectivity index is 1.80. The first-order valence-corrected chi connectivity index (χ1v) is 15.9. The van der Waals surface area contributed by atoms with Gasteiger partial charge in [0.15, 0.2) is 0 Å². The maximum absolute atomic E-state index is 11.9. The van der Waals surface area contributed by atoms with E-state index in [2.05, 4.69) is 116 Å². The van der Waals surface area contributed by atoms with Crippen molar-refractivity contribution in [2.24, 2.45) is 0 Å². The summed E-state index contributed by atoms with van der Waals surface area (Å²) in [6, 6.07) is 35.7. The van der Waals surface area contributed by atoms with E-state index in [9.17, 15) is 4.79 Å². The molecule has 37 heavy (non-hydrogen) atoms. The van der Waals surface area contributed by atoms with Gasteiger partial charge in [-0.2, -0.15) is 0 Å². The van der Waals surface area contributed by atoms with Crippen LogP contribution < -0.4 is 0 Å². The fourth-order valence-electron chi connectivity index (χ4n) is 4.32. The number of allylic oxidation sites excluding steroid dienone is 3. The van der Waals surface area contributed by atoms with E-state index in [1.165, 1.54) is 16.7 Å². The summed E-state index contributed by atoms with van der Waals surface area (Å²) in [7, 11) is -1.83. The maximum Gasteiger partial charge on any atom is 0.333 e. The zero-order valence-electron chi connectivity index (χ0n) is 21.9. The van der Waals surface area contributed by atoms with Crippen LogP contribution in [-0.4, -0.2) is 20.7 Å². The van der Waals surface area contributed by atoms with Crippen LogP contribution in [0.15, 0.2) is 121 Å². The van der Waals surface area contributed by atoms with Gasteiger partial charge in [-0.05, 0) is 48.2 Å². The van der Waals surface area contributed by atoms with Gasteiger partial charge >= 0.3 is 5.97 Å². The molecule has 0 atom stereocenters. The lowest BCUT2D eigenvalue weighted by Gasteiger charge is -2.29. The molecule has 2 nitrogen and oxygen atoms in total. The van der Waals surface area contributed by atoms with Crippen LogP contribution in [0.5, 0.6) is 0 Å². The molecule has 0 aliphatic rings. The number of benzene rings is 3. The van der Waals surface area contributed by atoms with Crippen LogP contribution >= 0.6 is 0 Å². The Hall–Kier alpha value is -3.69. The van der Waals surface area contributed by atoms with Crippen molar-refractivity contribution in [2.45, 2.75) is 37.5 Å². The zero-order valence-corrected chi connectivity index (χ0v) is 22.9. The zero-order chi connectivity index (χ0) is 26.2. The highest BCUT2D eigenvalue weighted by atomic mass is 28.3. The Labute approximate surface area is 223 Å². The highest BCUT2D eigenvalue weighted by Gasteiger charge is 2.29. The average Bonchev–Trinajstić information content (AvgIpc) is 2.92. The molecule has 0 aromatic heterocycles. The lowest BCUT2D eigenvalue weighted by atomic mass is 10.2. The lowest BCUT2D eigenvalue weighted by molar-refractivity contribution is -0.138. The minimum atomic E-state index is -1.83. The summed E-state index contributed by atoms with van der Waals surface area (Å²) in [5.41, 5.74) is 4.12. The van der Waals surface area contributed by atoms with Crippen molar-refractivity contribution in [3.8, 4) is 0 Å². The van der Waals surface area contributed by atoms with Crippen molar-refractivity contribution in [3.63, 3.8) is 0 Å². The van der Waals surface area contributed by atoms with E-state index in [1.54, 1.807) is 6.92 Å². The predicted octanol–water partition coefficient (Wildman–Crippen LogP) is 9.08. The Bertz CT molecular complexity index is 1050. The van der Waals surface area contributed by atoms with Crippen molar-refractivity contribution in [2.75, 3.05) is 6.61 Å². The van der Waals surface area contributed by atoms with Crippen LogP contribution in [0.4, 0.5) is 0 Å². The Morgan fingerprint density at radius 3 is 1.43 bits per heavy atom. The van der Waals surface area contributed by atoms with Gasteiger partial charge in [0.1, 0.15) is 0 Å². The smallest absolute Gasteiger partial charge is 0.333 e.